The summed E-state index contributed by atoms with van der Waals surface area (Å²) < 4.78 is 28.7. The summed E-state index contributed by atoms with van der Waals surface area (Å²) in [5.41, 5.74) is 0.890. The summed E-state index contributed by atoms with van der Waals surface area (Å²) in [5.74, 6) is -0.369. The van der Waals surface area contributed by atoms with E-state index in [1.54, 1.807) is 37.2 Å². The molecular formula is C27H36F2N4O2. The number of hydrogen-bond donors (Lipinski definition) is 1. The lowest BCUT2D eigenvalue weighted by Crippen LogP contribution is -2.41. The quantitative estimate of drug-likeness (QED) is 0.604. The second-order valence-electron chi connectivity index (χ2n) is 10.5. The summed E-state index contributed by atoms with van der Waals surface area (Å²) in [5, 5.41) is 9.46. The number of halogens is 2. The van der Waals surface area contributed by atoms with Crippen LogP contribution in [0, 0.1) is 11.7 Å². The van der Waals surface area contributed by atoms with Crippen molar-refractivity contribution in [1.29, 1.82) is 0 Å². The Kier molecular flexibility index (Phi) is 8.12. The van der Waals surface area contributed by atoms with Crippen LogP contribution in [0.15, 0.2) is 30.6 Å². The number of likely N-dealkylation sites (tertiary alicyclic amines) is 2. The number of alkyl halides is 1. The fourth-order valence-electron chi connectivity index (χ4n) is 5.25. The van der Waals surface area contributed by atoms with Crippen molar-refractivity contribution in [3.05, 3.63) is 47.7 Å². The molecule has 1 aromatic heterocycles. The number of aliphatic hydroxyl groups excluding tert-OH is 1. The minimum Gasteiger partial charge on any atom is -0.394 e. The molecular weight excluding hydrogens is 450 g/mol. The van der Waals surface area contributed by atoms with Gasteiger partial charge in [0.15, 0.2) is 0 Å². The van der Waals surface area contributed by atoms with Crippen molar-refractivity contribution in [2.24, 2.45) is 5.92 Å². The highest BCUT2D eigenvalue weighted by molar-refractivity contribution is 5.95. The second-order valence-corrected chi connectivity index (χ2v) is 10.5. The van der Waals surface area contributed by atoms with Gasteiger partial charge in [-0.15, -0.1) is 0 Å². The summed E-state index contributed by atoms with van der Waals surface area (Å²) in [6, 6.07) is 4.27. The molecule has 2 fully saturated rings. The van der Waals surface area contributed by atoms with Crippen molar-refractivity contribution in [2.75, 3.05) is 32.8 Å². The molecule has 2 aliphatic heterocycles. The summed E-state index contributed by atoms with van der Waals surface area (Å²) >= 11 is 0. The predicted molar refractivity (Wildman–Crippen MR) is 131 cm³/mol. The summed E-state index contributed by atoms with van der Waals surface area (Å²) in [6.07, 6.45) is 8.94. The Morgan fingerprint density at radius 3 is 2.54 bits per heavy atom. The first-order valence-electron chi connectivity index (χ1n) is 12.7. The average molecular weight is 487 g/mol. The highest BCUT2D eigenvalue weighted by Crippen LogP contribution is 2.26. The zero-order valence-corrected chi connectivity index (χ0v) is 20.7. The maximum atomic E-state index is 14.8. The van der Waals surface area contributed by atoms with Gasteiger partial charge in [-0.2, -0.15) is 0 Å². The number of carbonyl (C=O) groups is 1. The third kappa shape index (κ3) is 6.61. The van der Waals surface area contributed by atoms with E-state index in [9.17, 15) is 18.7 Å². The van der Waals surface area contributed by atoms with Crippen LogP contribution in [0.1, 0.15) is 62.0 Å². The minimum atomic E-state index is -1.15. The van der Waals surface area contributed by atoms with Crippen molar-refractivity contribution in [3.63, 3.8) is 0 Å². The number of rotatable bonds is 8. The highest BCUT2D eigenvalue weighted by Gasteiger charge is 2.30. The normalized spacial score (nSPS) is 19.9. The average Bonchev–Trinajstić information content (AvgIpc) is 3.31. The molecule has 0 bridgehead atoms. The fourth-order valence-corrected chi connectivity index (χ4v) is 5.25. The summed E-state index contributed by atoms with van der Waals surface area (Å²) in [6.45, 7) is 6.05. The first-order chi connectivity index (χ1) is 16.7. The zero-order valence-electron chi connectivity index (χ0n) is 20.7. The van der Waals surface area contributed by atoms with Gasteiger partial charge in [-0.25, -0.2) is 8.78 Å². The maximum absolute atomic E-state index is 14.8. The molecule has 4 rings (SSSR count). The third-order valence-corrected chi connectivity index (χ3v) is 7.16. The highest BCUT2D eigenvalue weighted by atomic mass is 19.1. The zero-order chi connectivity index (χ0) is 25.0. The minimum absolute atomic E-state index is 0.0137. The van der Waals surface area contributed by atoms with E-state index in [2.05, 4.69) is 14.9 Å². The van der Waals surface area contributed by atoms with Crippen LogP contribution in [0.25, 0.3) is 11.3 Å². The van der Waals surface area contributed by atoms with E-state index in [4.69, 9.17) is 0 Å². The Bertz CT molecular complexity index is 1000. The van der Waals surface area contributed by atoms with Gasteiger partial charge in [0.25, 0.3) is 5.91 Å². The van der Waals surface area contributed by atoms with E-state index < -0.39 is 11.5 Å². The van der Waals surface area contributed by atoms with Gasteiger partial charge < -0.3 is 14.9 Å². The Morgan fingerprint density at radius 2 is 1.91 bits per heavy atom. The van der Waals surface area contributed by atoms with Gasteiger partial charge >= 0.3 is 0 Å². The smallest absolute Gasteiger partial charge is 0.257 e. The first kappa shape index (κ1) is 25.6. The number of amides is 1. The predicted octanol–water partition coefficient (Wildman–Crippen LogP) is 4.27. The van der Waals surface area contributed by atoms with Crippen molar-refractivity contribution < 1.29 is 18.7 Å². The number of carbonyl (C=O) groups excluding carboxylic acids is 1. The van der Waals surface area contributed by atoms with Crippen molar-refractivity contribution >= 4 is 5.91 Å². The molecule has 6 nitrogen and oxygen atoms in total. The van der Waals surface area contributed by atoms with Crippen molar-refractivity contribution in [1.82, 2.24) is 19.8 Å². The molecule has 2 aliphatic rings. The van der Waals surface area contributed by atoms with E-state index in [1.807, 2.05) is 0 Å². The van der Waals surface area contributed by atoms with E-state index in [-0.39, 0.29) is 24.1 Å². The van der Waals surface area contributed by atoms with Gasteiger partial charge in [0.1, 0.15) is 11.5 Å². The van der Waals surface area contributed by atoms with Crippen molar-refractivity contribution in [3.8, 4) is 11.3 Å². The molecule has 2 saturated heterocycles. The molecule has 35 heavy (non-hydrogen) atoms. The summed E-state index contributed by atoms with van der Waals surface area (Å²) in [7, 11) is 0. The molecule has 2 aromatic rings. The molecule has 1 aromatic carbocycles. The number of aryl methyl sites for hydroxylation is 1. The van der Waals surface area contributed by atoms with Gasteiger partial charge in [-0.05, 0) is 83.5 Å². The fraction of sp³-hybridized carbons (Fsp3) is 0.593. The van der Waals surface area contributed by atoms with Gasteiger partial charge in [0, 0.05) is 24.8 Å². The molecule has 0 aliphatic carbocycles. The van der Waals surface area contributed by atoms with E-state index in [0.717, 1.165) is 57.3 Å². The van der Waals surface area contributed by atoms with Crippen LogP contribution in [0.5, 0.6) is 0 Å². The van der Waals surface area contributed by atoms with Crippen LogP contribution in [-0.2, 0) is 6.42 Å². The van der Waals surface area contributed by atoms with Crippen LogP contribution in [0.2, 0.25) is 0 Å². The third-order valence-electron chi connectivity index (χ3n) is 7.16. The Hall–Kier alpha value is -2.45. The first-order valence-corrected chi connectivity index (χ1v) is 12.7. The molecule has 1 amide bonds. The SMILES string of the molecule is CC(C)(F)CN1CCC(CCc2cnc(-c3ccc(C(=O)N4CCCC4CO)c(F)c3)cn2)CC1. The number of piperidine rings is 1. The monoisotopic (exact) mass is 486 g/mol. The van der Waals surface area contributed by atoms with Crippen molar-refractivity contribution in [2.45, 2.75) is 64.1 Å². The molecule has 0 spiro atoms. The number of aromatic nitrogens is 2. The Morgan fingerprint density at radius 1 is 1.14 bits per heavy atom. The Labute approximate surface area is 206 Å². The van der Waals surface area contributed by atoms with E-state index in [0.29, 0.717) is 30.3 Å². The number of aliphatic hydroxyl groups is 1. The standard InChI is InChI=1S/C27H36F2N4O2/c1-27(2,29)18-32-12-9-19(10-13-32)5-7-21-15-31-25(16-30-21)20-6-8-23(24(28)14-20)26(35)33-11-3-4-22(33)17-34/h6,8,14-16,19,22,34H,3-5,7,9-13,17-18H2,1-2H3. The van der Waals surface area contributed by atoms with Gasteiger partial charge in [-0.3, -0.25) is 14.8 Å². The number of hydrogen-bond acceptors (Lipinski definition) is 5. The molecule has 190 valence electrons. The molecule has 1 atom stereocenters. The largest absolute Gasteiger partial charge is 0.394 e. The lowest BCUT2D eigenvalue weighted by atomic mass is 9.91. The van der Waals surface area contributed by atoms with E-state index in [1.165, 1.54) is 12.1 Å². The van der Waals surface area contributed by atoms with Crippen LogP contribution >= 0.6 is 0 Å². The second kappa shape index (κ2) is 11.1. The Balaban J connectivity index is 1.31. The van der Waals surface area contributed by atoms with Crippen LogP contribution in [-0.4, -0.2) is 75.3 Å². The lowest BCUT2D eigenvalue weighted by molar-refractivity contribution is 0.0673. The summed E-state index contributed by atoms with van der Waals surface area (Å²) in [4.78, 5) is 25.5. The molecule has 8 heteroatoms. The maximum Gasteiger partial charge on any atom is 0.257 e. The number of nitrogens with zero attached hydrogens (tertiary/aromatic N) is 4. The molecule has 1 unspecified atom stereocenters. The molecule has 0 radical (unpaired) electrons. The van der Waals surface area contributed by atoms with Crippen LogP contribution in [0.4, 0.5) is 8.78 Å². The van der Waals surface area contributed by atoms with E-state index >= 15 is 0 Å². The van der Waals surface area contributed by atoms with Gasteiger partial charge in [0.05, 0.1) is 35.8 Å². The lowest BCUT2D eigenvalue weighted by Gasteiger charge is -2.34. The van der Waals surface area contributed by atoms with Crippen LogP contribution in [0.3, 0.4) is 0 Å². The van der Waals surface area contributed by atoms with Gasteiger partial charge in [-0.1, -0.05) is 6.07 Å². The van der Waals surface area contributed by atoms with Crippen LogP contribution < -0.4 is 0 Å². The molecule has 0 saturated carbocycles. The molecule has 1 N–H and O–H groups in total. The van der Waals surface area contributed by atoms with Gasteiger partial charge in [0.2, 0.25) is 0 Å². The molecule has 3 heterocycles. The number of benzene rings is 1. The topological polar surface area (TPSA) is 69.6 Å².